The predicted octanol–water partition coefficient (Wildman–Crippen LogP) is 4.60. The summed E-state index contributed by atoms with van der Waals surface area (Å²) in [6.45, 7) is 2.83. The van der Waals surface area contributed by atoms with Crippen LogP contribution in [0.25, 0.3) is 0 Å². The summed E-state index contributed by atoms with van der Waals surface area (Å²) in [4.78, 5) is 12.6. The van der Waals surface area contributed by atoms with Crippen molar-refractivity contribution in [2.45, 2.75) is 38.5 Å². The number of allylic oxidation sites excluding steroid dienone is 2. The molecule has 1 aliphatic carbocycles. The number of halogens is 1. The molecule has 1 aromatic carbocycles. The van der Waals surface area contributed by atoms with E-state index in [1.165, 1.54) is 11.1 Å². The van der Waals surface area contributed by atoms with Gasteiger partial charge in [-0.1, -0.05) is 41.4 Å². The van der Waals surface area contributed by atoms with Crippen LogP contribution in [-0.2, 0) is 9.53 Å². The summed E-state index contributed by atoms with van der Waals surface area (Å²) >= 11 is 3.54. The monoisotopic (exact) mass is 334 g/mol. The molecule has 2 atom stereocenters. The van der Waals surface area contributed by atoms with E-state index in [9.17, 15) is 4.79 Å². The van der Waals surface area contributed by atoms with Gasteiger partial charge in [0.05, 0.1) is 6.61 Å². The molecule has 0 unspecified atom stereocenters. The SMILES string of the molecule is CCC[C@@H]1C(=O)C2=C(CCCO2)[C@@H]1c1cccc(Br)c1. The zero-order valence-electron chi connectivity index (χ0n) is 11.7. The standard InChI is InChI=1S/C17H19BrO2/c1-2-5-13-15(11-6-3-7-12(18)10-11)14-8-4-9-20-17(14)16(13)19/h3,6-7,10,13,15H,2,4-5,8-9H2,1H3/t13-,15+/m0/s1. The van der Waals surface area contributed by atoms with E-state index in [-0.39, 0.29) is 17.6 Å². The normalized spacial score (nSPS) is 25.6. The topological polar surface area (TPSA) is 26.3 Å². The number of ketones is 1. The first-order valence-corrected chi connectivity index (χ1v) is 8.17. The first kappa shape index (κ1) is 13.9. The first-order chi connectivity index (χ1) is 9.72. The van der Waals surface area contributed by atoms with Crippen LogP contribution in [0.1, 0.15) is 44.1 Å². The van der Waals surface area contributed by atoms with E-state index in [2.05, 4.69) is 41.1 Å². The number of Topliss-reactive ketones (excluding diaryl/α,β-unsaturated/α-hetero) is 1. The summed E-state index contributed by atoms with van der Waals surface area (Å²) in [6, 6.07) is 8.36. The highest BCUT2D eigenvalue weighted by Crippen LogP contribution is 2.47. The van der Waals surface area contributed by atoms with E-state index in [1.54, 1.807) is 0 Å². The Morgan fingerprint density at radius 3 is 3.00 bits per heavy atom. The molecule has 3 heteroatoms. The summed E-state index contributed by atoms with van der Waals surface area (Å²) in [7, 11) is 0. The zero-order valence-corrected chi connectivity index (χ0v) is 13.3. The molecular weight excluding hydrogens is 316 g/mol. The van der Waals surface area contributed by atoms with Crippen molar-refractivity contribution in [3.05, 3.63) is 45.6 Å². The second-order valence-electron chi connectivity index (χ2n) is 5.60. The molecule has 0 fully saturated rings. The molecule has 0 bridgehead atoms. The average molecular weight is 335 g/mol. The van der Waals surface area contributed by atoms with Gasteiger partial charge in [-0.15, -0.1) is 0 Å². The molecule has 0 saturated heterocycles. The molecule has 0 amide bonds. The second-order valence-corrected chi connectivity index (χ2v) is 6.51. The van der Waals surface area contributed by atoms with Crippen molar-refractivity contribution in [3.8, 4) is 0 Å². The Morgan fingerprint density at radius 2 is 2.25 bits per heavy atom. The maximum absolute atomic E-state index is 12.6. The smallest absolute Gasteiger partial charge is 0.201 e. The molecule has 3 rings (SSSR count). The van der Waals surface area contributed by atoms with Crippen molar-refractivity contribution in [1.29, 1.82) is 0 Å². The van der Waals surface area contributed by atoms with Gasteiger partial charge in [0.1, 0.15) is 0 Å². The van der Waals surface area contributed by atoms with Crippen LogP contribution < -0.4 is 0 Å². The Kier molecular flexibility index (Phi) is 3.97. The summed E-state index contributed by atoms with van der Waals surface area (Å²) in [5.74, 6) is 1.19. The van der Waals surface area contributed by atoms with Crippen molar-refractivity contribution in [3.63, 3.8) is 0 Å². The number of ether oxygens (including phenoxy) is 1. The second kappa shape index (κ2) is 5.72. The Bertz CT molecular complexity index is 562. The first-order valence-electron chi connectivity index (χ1n) is 7.38. The Hall–Kier alpha value is -1.09. The van der Waals surface area contributed by atoms with Gasteiger partial charge in [0.25, 0.3) is 0 Å². The zero-order chi connectivity index (χ0) is 14.1. The van der Waals surface area contributed by atoms with Gasteiger partial charge in [-0.25, -0.2) is 0 Å². The number of hydrogen-bond donors (Lipinski definition) is 0. The third-order valence-corrected chi connectivity index (χ3v) is 4.77. The van der Waals surface area contributed by atoms with Gasteiger partial charge in [-0.2, -0.15) is 0 Å². The van der Waals surface area contributed by atoms with E-state index in [0.717, 1.165) is 30.2 Å². The van der Waals surface area contributed by atoms with Gasteiger partial charge in [-0.3, -0.25) is 4.79 Å². The number of benzene rings is 1. The fourth-order valence-corrected chi connectivity index (χ4v) is 3.89. The van der Waals surface area contributed by atoms with Crippen LogP contribution in [0.2, 0.25) is 0 Å². The fourth-order valence-electron chi connectivity index (χ4n) is 3.47. The summed E-state index contributed by atoms with van der Waals surface area (Å²) < 4.78 is 6.76. The molecule has 2 nitrogen and oxygen atoms in total. The van der Waals surface area contributed by atoms with E-state index in [1.807, 2.05) is 6.07 Å². The van der Waals surface area contributed by atoms with Gasteiger partial charge >= 0.3 is 0 Å². The summed E-state index contributed by atoms with van der Waals surface area (Å²) in [5.41, 5.74) is 2.47. The minimum atomic E-state index is 0.0670. The molecule has 1 heterocycles. The third kappa shape index (κ3) is 2.32. The minimum absolute atomic E-state index is 0.0670. The maximum Gasteiger partial charge on any atom is 0.201 e. The molecule has 0 saturated carbocycles. The van der Waals surface area contributed by atoms with Gasteiger partial charge in [-0.05, 0) is 42.5 Å². The van der Waals surface area contributed by atoms with Crippen LogP contribution in [0, 0.1) is 5.92 Å². The van der Waals surface area contributed by atoms with Crippen molar-refractivity contribution >= 4 is 21.7 Å². The summed E-state index contributed by atoms with van der Waals surface area (Å²) in [5, 5.41) is 0. The lowest BCUT2D eigenvalue weighted by Crippen LogP contribution is -2.17. The quantitative estimate of drug-likeness (QED) is 0.807. The minimum Gasteiger partial charge on any atom is -0.490 e. The molecule has 0 spiro atoms. The number of carbonyl (C=O) groups is 1. The highest BCUT2D eigenvalue weighted by atomic mass is 79.9. The van der Waals surface area contributed by atoms with Crippen LogP contribution in [-0.4, -0.2) is 12.4 Å². The lowest BCUT2D eigenvalue weighted by atomic mass is 9.81. The lowest BCUT2D eigenvalue weighted by molar-refractivity contribution is -0.122. The van der Waals surface area contributed by atoms with Crippen molar-refractivity contribution in [2.24, 2.45) is 5.92 Å². The Labute approximate surface area is 128 Å². The largest absolute Gasteiger partial charge is 0.490 e. The molecule has 0 aromatic heterocycles. The van der Waals surface area contributed by atoms with E-state index in [0.29, 0.717) is 12.4 Å². The molecule has 0 N–H and O–H groups in total. The molecule has 1 aromatic rings. The predicted molar refractivity (Wildman–Crippen MR) is 82.5 cm³/mol. The van der Waals surface area contributed by atoms with Gasteiger partial charge < -0.3 is 4.74 Å². The van der Waals surface area contributed by atoms with Crippen LogP contribution >= 0.6 is 15.9 Å². The summed E-state index contributed by atoms with van der Waals surface area (Å²) in [6.07, 6.45) is 3.99. The van der Waals surface area contributed by atoms with Gasteiger partial charge in [0.15, 0.2) is 5.76 Å². The molecule has 106 valence electrons. The highest BCUT2D eigenvalue weighted by Gasteiger charge is 2.43. The average Bonchev–Trinajstić information content (AvgIpc) is 2.73. The third-order valence-electron chi connectivity index (χ3n) is 4.27. The molecule has 0 radical (unpaired) electrons. The van der Waals surface area contributed by atoms with Crippen molar-refractivity contribution in [2.75, 3.05) is 6.61 Å². The van der Waals surface area contributed by atoms with Crippen LogP contribution in [0.15, 0.2) is 40.1 Å². The van der Waals surface area contributed by atoms with E-state index in [4.69, 9.17) is 4.74 Å². The van der Waals surface area contributed by atoms with E-state index >= 15 is 0 Å². The van der Waals surface area contributed by atoms with Crippen molar-refractivity contribution in [1.82, 2.24) is 0 Å². The Balaban J connectivity index is 2.04. The number of rotatable bonds is 3. The molecule has 2 aliphatic rings. The van der Waals surface area contributed by atoms with Crippen LogP contribution in [0.5, 0.6) is 0 Å². The molecule has 20 heavy (non-hydrogen) atoms. The molecular formula is C17H19BrO2. The highest BCUT2D eigenvalue weighted by molar-refractivity contribution is 9.10. The van der Waals surface area contributed by atoms with Gasteiger partial charge in [0.2, 0.25) is 5.78 Å². The lowest BCUT2D eigenvalue weighted by Gasteiger charge is -2.22. The van der Waals surface area contributed by atoms with Gasteiger partial charge in [0, 0.05) is 16.3 Å². The number of hydrogen-bond acceptors (Lipinski definition) is 2. The maximum atomic E-state index is 12.6. The molecule has 1 aliphatic heterocycles. The van der Waals surface area contributed by atoms with Crippen LogP contribution in [0.4, 0.5) is 0 Å². The number of carbonyl (C=O) groups excluding carboxylic acids is 1. The van der Waals surface area contributed by atoms with Crippen LogP contribution in [0.3, 0.4) is 0 Å². The van der Waals surface area contributed by atoms with E-state index < -0.39 is 0 Å². The Morgan fingerprint density at radius 1 is 1.40 bits per heavy atom. The fraction of sp³-hybridized carbons (Fsp3) is 0.471. The van der Waals surface area contributed by atoms with Crippen molar-refractivity contribution < 1.29 is 9.53 Å².